The van der Waals surface area contributed by atoms with Crippen molar-refractivity contribution in [2.45, 2.75) is 26.1 Å². The number of carbonyl (C=O) groups is 1. The highest BCUT2D eigenvalue weighted by Gasteiger charge is 2.22. The van der Waals surface area contributed by atoms with Gasteiger partial charge in [-0.1, -0.05) is 0 Å². The fourth-order valence-corrected chi connectivity index (χ4v) is 1.52. The Morgan fingerprint density at radius 3 is 2.67 bits per heavy atom. The first kappa shape index (κ1) is 14.2. The minimum Gasteiger partial charge on any atom is -0.396 e. The Morgan fingerprint density at radius 2 is 2.11 bits per heavy atom. The molecule has 1 aromatic heterocycles. The average Bonchev–Trinajstić information content (AvgIpc) is 2.32. The summed E-state index contributed by atoms with van der Waals surface area (Å²) in [5.74, 6) is -0.104. The monoisotopic (exact) mass is 254 g/mol. The summed E-state index contributed by atoms with van der Waals surface area (Å²) in [5.41, 5.74) is 12.5. The molecule has 0 aliphatic rings. The lowest BCUT2D eigenvalue weighted by molar-refractivity contribution is -0.119. The summed E-state index contributed by atoms with van der Waals surface area (Å²) in [7, 11) is 0. The predicted molar refractivity (Wildman–Crippen MR) is 67.4 cm³/mol. The minimum absolute atomic E-state index is 0.0553. The lowest BCUT2D eigenvalue weighted by Gasteiger charge is -2.20. The molecule has 1 amide bonds. The van der Waals surface area contributed by atoms with E-state index in [4.69, 9.17) is 11.5 Å². The van der Waals surface area contributed by atoms with Gasteiger partial charge in [-0.15, -0.1) is 0 Å². The Morgan fingerprint density at radius 1 is 1.50 bits per heavy atom. The minimum atomic E-state index is -1.19. The Kier molecular flexibility index (Phi) is 4.46. The molecule has 0 bridgehead atoms. The molecule has 100 valence electrons. The van der Waals surface area contributed by atoms with Crippen molar-refractivity contribution in [1.82, 2.24) is 10.3 Å². The molecule has 18 heavy (non-hydrogen) atoms. The largest absolute Gasteiger partial charge is 0.396 e. The highest BCUT2D eigenvalue weighted by Crippen LogP contribution is 2.26. The molecule has 0 radical (unpaired) electrons. The van der Waals surface area contributed by atoms with Gasteiger partial charge < -0.3 is 27.0 Å². The van der Waals surface area contributed by atoms with Gasteiger partial charge >= 0.3 is 0 Å². The first-order valence-electron chi connectivity index (χ1n) is 5.45. The zero-order chi connectivity index (χ0) is 13.9. The van der Waals surface area contributed by atoms with Gasteiger partial charge in [0.2, 0.25) is 5.91 Å². The van der Waals surface area contributed by atoms with Gasteiger partial charge in [-0.05, 0) is 12.5 Å². The van der Waals surface area contributed by atoms with Crippen LogP contribution in [0.25, 0.3) is 0 Å². The van der Waals surface area contributed by atoms with Crippen LogP contribution < -0.4 is 16.8 Å². The standard InChI is InChI=1S/C11H18N4O3/c1-5-7(3-15-11(13)9(5)12)10(18)8(17)4-14-6(2)16/h3,8,10,17-18H,4,12H2,1-2H3,(H2,13,15)(H,14,16). The van der Waals surface area contributed by atoms with E-state index in [0.717, 1.165) is 0 Å². The average molecular weight is 254 g/mol. The van der Waals surface area contributed by atoms with Crippen LogP contribution in [0.1, 0.15) is 24.2 Å². The van der Waals surface area contributed by atoms with Crippen LogP contribution in [0, 0.1) is 6.92 Å². The van der Waals surface area contributed by atoms with Crippen molar-refractivity contribution >= 4 is 17.4 Å². The number of aliphatic hydroxyl groups is 2. The van der Waals surface area contributed by atoms with Gasteiger partial charge in [-0.3, -0.25) is 4.79 Å². The molecule has 0 spiro atoms. The number of carbonyl (C=O) groups excluding carboxylic acids is 1. The number of rotatable bonds is 4. The third-order valence-corrected chi connectivity index (χ3v) is 2.70. The Hall–Kier alpha value is -1.86. The lowest BCUT2D eigenvalue weighted by Crippen LogP contribution is -2.34. The smallest absolute Gasteiger partial charge is 0.216 e. The van der Waals surface area contributed by atoms with Gasteiger partial charge in [0, 0.05) is 25.2 Å². The highest BCUT2D eigenvalue weighted by molar-refractivity contribution is 5.72. The van der Waals surface area contributed by atoms with E-state index in [9.17, 15) is 15.0 Å². The van der Waals surface area contributed by atoms with E-state index in [1.165, 1.54) is 13.1 Å². The summed E-state index contributed by atoms with van der Waals surface area (Å²) < 4.78 is 0. The molecule has 1 aromatic rings. The number of amides is 1. The molecule has 1 rings (SSSR count). The molecule has 0 aliphatic carbocycles. The molecule has 7 nitrogen and oxygen atoms in total. The molecule has 0 saturated heterocycles. The Bertz CT molecular complexity index is 450. The van der Waals surface area contributed by atoms with E-state index in [1.807, 2.05) is 0 Å². The number of aromatic nitrogens is 1. The Balaban J connectivity index is 2.86. The molecule has 0 saturated carbocycles. The first-order chi connectivity index (χ1) is 8.34. The van der Waals surface area contributed by atoms with Crippen molar-refractivity contribution in [1.29, 1.82) is 0 Å². The van der Waals surface area contributed by atoms with Gasteiger partial charge in [0.15, 0.2) is 0 Å². The molecule has 1 heterocycles. The third kappa shape index (κ3) is 3.08. The fraction of sp³-hybridized carbons (Fsp3) is 0.455. The molecule has 7 heteroatoms. The lowest BCUT2D eigenvalue weighted by atomic mass is 10.0. The number of pyridine rings is 1. The molecular weight excluding hydrogens is 236 g/mol. The van der Waals surface area contributed by atoms with Gasteiger partial charge in [0.1, 0.15) is 18.0 Å². The van der Waals surface area contributed by atoms with Crippen LogP contribution in [0.5, 0.6) is 0 Å². The van der Waals surface area contributed by atoms with Crippen LogP contribution in [0.15, 0.2) is 6.20 Å². The highest BCUT2D eigenvalue weighted by atomic mass is 16.3. The molecule has 2 atom stereocenters. The third-order valence-electron chi connectivity index (χ3n) is 2.70. The second-order valence-corrected chi connectivity index (χ2v) is 4.09. The fourth-order valence-electron chi connectivity index (χ4n) is 1.52. The van der Waals surface area contributed by atoms with Crippen molar-refractivity contribution in [2.24, 2.45) is 0 Å². The summed E-state index contributed by atoms with van der Waals surface area (Å²) in [6.07, 6.45) is -0.965. The van der Waals surface area contributed by atoms with E-state index < -0.39 is 12.2 Å². The van der Waals surface area contributed by atoms with Crippen molar-refractivity contribution in [3.8, 4) is 0 Å². The van der Waals surface area contributed by atoms with E-state index in [1.54, 1.807) is 6.92 Å². The number of aliphatic hydroxyl groups excluding tert-OH is 2. The summed E-state index contributed by atoms with van der Waals surface area (Å²) >= 11 is 0. The van der Waals surface area contributed by atoms with E-state index >= 15 is 0 Å². The summed E-state index contributed by atoms with van der Waals surface area (Å²) in [5, 5.41) is 22.1. The molecular formula is C11H18N4O3. The number of nitrogens with one attached hydrogen (secondary N) is 1. The Labute approximate surface area is 105 Å². The van der Waals surface area contributed by atoms with Crippen LogP contribution in [0.2, 0.25) is 0 Å². The van der Waals surface area contributed by atoms with Crippen molar-refractivity contribution in [2.75, 3.05) is 18.0 Å². The maximum atomic E-state index is 10.7. The quantitative estimate of drug-likeness (QED) is 0.472. The molecule has 7 N–H and O–H groups in total. The summed E-state index contributed by atoms with van der Waals surface area (Å²) in [6, 6.07) is 0. The summed E-state index contributed by atoms with van der Waals surface area (Å²) in [4.78, 5) is 14.6. The van der Waals surface area contributed by atoms with Crippen LogP contribution in [-0.4, -0.2) is 33.8 Å². The molecule has 0 aliphatic heterocycles. The van der Waals surface area contributed by atoms with E-state index in [0.29, 0.717) is 11.1 Å². The maximum absolute atomic E-state index is 10.7. The van der Waals surface area contributed by atoms with Gasteiger partial charge in [-0.2, -0.15) is 0 Å². The zero-order valence-electron chi connectivity index (χ0n) is 10.3. The van der Waals surface area contributed by atoms with Crippen LogP contribution in [-0.2, 0) is 4.79 Å². The number of hydrogen-bond donors (Lipinski definition) is 5. The second kappa shape index (κ2) is 5.65. The van der Waals surface area contributed by atoms with Crippen molar-refractivity contribution in [3.63, 3.8) is 0 Å². The maximum Gasteiger partial charge on any atom is 0.216 e. The van der Waals surface area contributed by atoms with Gasteiger partial charge in [-0.25, -0.2) is 4.98 Å². The topological polar surface area (TPSA) is 134 Å². The van der Waals surface area contributed by atoms with Crippen LogP contribution in [0.4, 0.5) is 11.5 Å². The normalized spacial score (nSPS) is 14.0. The first-order valence-corrected chi connectivity index (χ1v) is 5.45. The molecule has 0 aromatic carbocycles. The number of hydrogen-bond acceptors (Lipinski definition) is 6. The van der Waals surface area contributed by atoms with E-state index in [2.05, 4.69) is 10.3 Å². The number of nitrogens with zero attached hydrogens (tertiary/aromatic N) is 1. The predicted octanol–water partition coefficient (Wildman–Crippen LogP) is -0.915. The number of anilines is 2. The molecule has 0 fully saturated rings. The van der Waals surface area contributed by atoms with Gasteiger partial charge in [0.25, 0.3) is 0 Å². The van der Waals surface area contributed by atoms with Crippen LogP contribution >= 0.6 is 0 Å². The second-order valence-electron chi connectivity index (χ2n) is 4.09. The summed E-state index contributed by atoms with van der Waals surface area (Å²) in [6.45, 7) is 2.95. The number of nitrogen functional groups attached to an aromatic ring is 2. The van der Waals surface area contributed by atoms with Gasteiger partial charge in [0.05, 0.1) is 5.69 Å². The van der Waals surface area contributed by atoms with Crippen LogP contribution in [0.3, 0.4) is 0 Å². The van der Waals surface area contributed by atoms with Crippen molar-refractivity contribution in [3.05, 3.63) is 17.3 Å². The molecule has 2 unspecified atom stereocenters. The van der Waals surface area contributed by atoms with Crippen molar-refractivity contribution < 1.29 is 15.0 Å². The van der Waals surface area contributed by atoms with E-state index in [-0.39, 0.29) is 24.0 Å². The zero-order valence-corrected chi connectivity index (χ0v) is 10.3. The number of nitrogens with two attached hydrogens (primary N) is 2. The SMILES string of the molecule is CC(=O)NCC(O)C(O)c1cnc(N)c(N)c1C.